The summed E-state index contributed by atoms with van der Waals surface area (Å²) in [6, 6.07) is 16.3. The highest BCUT2D eigenvalue weighted by Gasteiger charge is 2.32. The lowest BCUT2D eigenvalue weighted by Crippen LogP contribution is -2.25. The number of halogens is 1. The van der Waals surface area contributed by atoms with Gasteiger partial charge in [-0.3, -0.25) is 14.4 Å². The Morgan fingerprint density at radius 2 is 1.55 bits per heavy atom. The van der Waals surface area contributed by atoms with Crippen molar-refractivity contribution in [3.05, 3.63) is 99.1 Å². The third-order valence-electron chi connectivity index (χ3n) is 4.63. The van der Waals surface area contributed by atoms with Crippen molar-refractivity contribution in [1.82, 2.24) is 5.43 Å². The minimum atomic E-state index is -0.588. The van der Waals surface area contributed by atoms with Gasteiger partial charge in [-0.05, 0) is 29.8 Å². The number of carbonyl (C=O) groups excluding carboxylic acids is 3. The molecule has 3 N–H and O–H groups in total. The Bertz CT molecular complexity index is 1200. The van der Waals surface area contributed by atoms with Crippen molar-refractivity contribution in [3.63, 3.8) is 0 Å². The highest BCUT2D eigenvalue weighted by Crippen LogP contribution is 2.32. The Morgan fingerprint density at radius 3 is 2.24 bits per heavy atom. The minimum Gasteiger partial charge on any atom is -0.397 e. The Balaban J connectivity index is 1.63. The maximum Gasteiger partial charge on any atom is 0.273 e. The predicted octanol–water partition coefficient (Wildman–Crippen LogP) is 3.46. The van der Waals surface area contributed by atoms with E-state index < -0.39 is 5.91 Å². The Kier molecular flexibility index (Phi) is 4.70. The van der Waals surface area contributed by atoms with Gasteiger partial charge in [0.2, 0.25) is 0 Å². The number of fused-ring (bicyclic) bond motifs is 2. The van der Waals surface area contributed by atoms with Crippen molar-refractivity contribution < 1.29 is 14.4 Å². The van der Waals surface area contributed by atoms with Gasteiger partial charge in [0.05, 0.1) is 23.0 Å². The molecule has 0 heterocycles. The first kappa shape index (κ1) is 18.6. The number of carbonyl (C=O) groups is 3. The number of hydrazone groups is 1. The molecule has 3 aromatic rings. The largest absolute Gasteiger partial charge is 0.397 e. The first-order valence-electron chi connectivity index (χ1n) is 8.67. The molecule has 6 nitrogen and oxygen atoms in total. The lowest BCUT2D eigenvalue weighted by Gasteiger charge is -2.20. The van der Waals surface area contributed by atoms with Gasteiger partial charge in [0.1, 0.15) is 0 Å². The summed E-state index contributed by atoms with van der Waals surface area (Å²) in [5.74, 6) is -1.27. The van der Waals surface area contributed by atoms with Crippen molar-refractivity contribution in [2.75, 3.05) is 5.73 Å². The lowest BCUT2D eigenvalue weighted by atomic mass is 9.82. The molecule has 0 saturated carbocycles. The molecule has 29 heavy (non-hydrogen) atoms. The van der Waals surface area contributed by atoms with Crippen LogP contribution in [0.15, 0.2) is 65.8 Å². The predicted molar refractivity (Wildman–Crippen MR) is 111 cm³/mol. The second kappa shape index (κ2) is 7.33. The van der Waals surface area contributed by atoms with E-state index in [-0.39, 0.29) is 39.5 Å². The molecule has 0 radical (unpaired) electrons. The number of rotatable bonds is 3. The smallest absolute Gasteiger partial charge is 0.273 e. The van der Waals surface area contributed by atoms with E-state index in [1.165, 1.54) is 18.3 Å². The fraction of sp³-hybridized carbons (Fsp3) is 0. The molecule has 142 valence electrons. The Hall–Kier alpha value is -3.77. The van der Waals surface area contributed by atoms with E-state index in [1.54, 1.807) is 48.5 Å². The first-order chi connectivity index (χ1) is 14.0. The number of nitrogens with zero attached hydrogens (tertiary/aromatic N) is 1. The van der Waals surface area contributed by atoms with E-state index in [2.05, 4.69) is 10.5 Å². The quantitative estimate of drug-likeness (QED) is 0.310. The number of ketones is 2. The van der Waals surface area contributed by atoms with Gasteiger partial charge in [-0.15, -0.1) is 0 Å². The van der Waals surface area contributed by atoms with Gasteiger partial charge >= 0.3 is 0 Å². The molecule has 0 aliphatic heterocycles. The van der Waals surface area contributed by atoms with Crippen molar-refractivity contribution in [2.24, 2.45) is 5.10 Å². The maximum atomic E-state index is 12.9. The second-order valence-electron chi connectivity index (χ2n) is 6.40. The van der Waals surface area contributed by atoms with Crippen LogP contribution in [0, 0.1) is 0 Å². The number of nitrogens with two attached hydrogens (primary N) is 1. The molecule has 1 aliphatic carbocycles. The van der Waals surface area contributed by atoms with Crippen LogP contribution in [0.1, 0.15) is 47.8 Å². The third kappa shape index (κ3) is 3.30. The molecule has 1 amide bonds. The SMILES string of the molecule is Nc1c(C(=O)N/N=C/c2ccc(Cl)cc2)ccc2c1C(=O)c1ccccc1C2=O. The van der Waals surface area contributed by atoms with E-state index in [4.69, 9.17) is 17.3 Å². The van der Waals surface area contributed by atoms with Gasteiger partial charge in [-0.1, -0.05) is 48.0 Å². The van der Waals surface area contributed by atoms with Crippen LogP contribution in [0.2, 0.25) is 5.02 Å². The van der Waals surface area contributed by atoms with Crippen LogP contribution in [0.5, 0.6) is 0 Å². The number of benzene rings is 3. The zero-order valence-corrected chi connectivity index (χ0v) is 15.7. The van der Waals surface area contributed by atoms with E-state index in [9.17, 15) is 14.4 Å². The molecular weight excluding hydrogens is 390 g/mol. The molecule has 4 rings (SSSR count). The zero-order chi connectivity index (χ0) is 20.5. The minimum absolute atomic E-state index is 0.0445. The summed E-state index contributed by atoms with van der Waals surface area (Å²) in [6.07, 6.45) is 1.45. The average Bonchev–Trinajstić information content (AvgIpc) is 2.73. The summed E-state index contributed by atoms with van der Waals surface area (Å²) in [5, 5.41) is 4.49. The summed E-state index contributed by atoms with van der Waals surface area (Å²) in [5.41, 5.74) is 10.1. The summed E-state index contributed by atoms with van der Waals surface area (Å²) in [7, 11) is 0. The Morgan fingerprint density at radius 1 is 0.897 bits per heavy atom. The van der Waals surface area contributed by atoms with Crippen LogP contribution in [0.25, 0.3) is 0 Å². The van der Waals surface area contributed by atoms with Gasteiger partial charge in [0.25, 0.3) is 5.91 Å². The van der Waals surface area contributed by atoms with Gasteiger partial charge in [0.15, 0.2) is 11.6 Å². The highest BCUT2D eigenvalue weighted by molar-refractivity contribution is 6.31. The van der Waals surface area contributed by atoms with E-state index >= 15 is 0 Å². The molecule has 0 spiro atoms. The van der Waals surface area contributed by atoms with Gasteiger partial charge in [0, 0.05) is 21.7 Å². The second-order valence-corrected chi connectivity index (χ2v) is 6.84. The topological polar surface area (TPSA) is 102 Å². The van der Waals surface area contributed by atoms with Crippen LogP contribution in [0.3, 0.4) is 0 Å². The number of nitrogens with one attached hydrogen (secondary N) is 1. The molecule has 0 fully saturated rings. The van der Waals surface area contributed by atoms with Crippen molar-refractivity contribution in [2.45, 2.75) is 0 Å². The molecule has 0 atom stereocenters. The zero-order valence-electron chi connectivity index (χ0n) is 15.0. The van der Waals surface area contributed by atoms with Crippen LogP contribution in [-0.4, -0.2) is 23.7 Å². The van der Waals surface area contributed by atoms with Gasteiger partial charge in [-0.25, -0.2) is 5.43 Å². The molecule has 7 heteroatoms. The number of anilines is 1. The third-order valence-corrected chi connectivity index (χ3v) is 4.88. The maximum absolute atomic E-state index is 12.9. The number of hydrogen-bond acceptors (Lipinski definition) is 5. The van der Waals surface area contributed by atoms with Gasteiger partial charge in [-0.2, -0.15) is 5.10 Å². The van der Waals surface area contributed by atoms with Crippen LogP contribution in [-0.2, 0) is 0 Å². The molecule has 1 aliphatic rings. The standard InChI is InChI=1S/C22H14ClN3O3/c23-13-7-5-12(6-8-13)11-25-26-22(29)17-10-9-16-18(19(17)24)21(28)15-4-2-1-3-14(15)20(16)27/h1-11H,24H2,(H,26,29)/b25-11+. The summed E-state index contributed by atoms with van der Waals surface area (Å²) in [4.78, 5) is 38.1. The number of nitrogen functional groups attached to an aromatic ring is 1. The summed E-state index contributed by atoms with van der Waals surface area (Å²) in [6.45, 7) is 0. The molecule has 0 unspecified atom stereocenters. The fourth-order valence-corrected chi connectivity index (χ4v) is 3.31. The van der Waals surface area contributed by atoms with E-state index in [0.717, 1.165) is 5.56 Å². The normalized spacial score (nSPS) is 12.6. The van der Waals surface area contributed by atoms with Crippen molar-refractivity contribution in [1.29, 1.82) is 0 Å². The number of hydrogen-bond donors (Lipinski definition) is 2. The molecular formula is C22H14ClN3O3. The number of amides is 1. The average molecular weight is 404 g/mol. The van der Waals surface area contributed by atoms with Crippen LogP contribution < -0.4 is 11.2 Å². The lowest BCUT2D eigenvalue weighted by molar-refractivity contribution is 0.0953. The van der Waals surface area contributed by atoms with E-state index in [1.807, 2.05) is 0 Å². The monoisotopic (exact) mass is 403 g/mol. The van der Waals surface area contributed by atoms with Crippen molar-refractivity contribution >= 4 is 41.0 Å². The molecule has 0 aromatic heterocycles. The van der Waals surface area contributed by atoms with Crippen molar-refractivity contribution in [3.8, 4) is 0 Å². The summed E-state index contributed by atoms with van der Waals surface area (Å²) < 4.78 is 0. The first-order valence-corrected chi connectivity index (χ1v) is 9.05. The van der Waals surface area contributed by atoms with Crippen LogP contribution in [0.4, 0.5) is 5.69 Å². The highest BCUT2D eigenvalue weighted by atomic mass is 35.5. The Labute approximate surface area is 171 Å². The fourth-order valence-electron chi connectivity index (χ4n) is 3.18. The molecule has 0 bridgehead atoms. The molecule has 0 saturated heterocycles. The molecule has 3 aromatic carbocycles. The summed E-state index contributed by atoms with van der Waals surface area (Å²) >= 11 is 5.83. The van der Waals surface area contributed by atoms with E-state index in [0.29, 0.717) is 10.6 Å². The van der Waals surface area contributed by atoms with Crippen LogP contribution >= 0.6 is 11.6 Å². The van der Waals surface area contributed by atoms with Gasteiger partial charge < -0.3 is 5.73 Å².